The molecule has 0 aliphatic carbocycles. The fraction of sp³-hybridized carbons (Fsp3) is 1.00. The highest BCUT2D eigenvalue weighted by Crippen LogP contribution is 1.74. The molecule has 0 saturated heterocycles. The molecule has 0 heterocycles. The van der Waals surface area contributed by atoms with Gasteiger partial charge in [-0.1, -0.05) is 0 Å². The van der Waals surface area contributed by atoms with Crippen LogP contribution in [0.5, 0.6) is 0 Å². The predicted octanol–water partition coefficient (Wildman–Crippen LogP) is -2.04. The number of nitrogens with one attached hydrogen (secondary N) is 1. The van der Waals surface area contributed by atoms with Crippen LogP contribution in [-0.4, -0.2) is 51.4 Å². The number of hydrogen-bond donors (Lipinski definition) is 4. The molecule has 82 valence electrons. The maximum absolute atomic E-state index is 9.33. The van der Waals surface area contributed by atoms with Crippen molar-refractivity contribution < 1.29 is 22.3 Å². The molecular weight excluding hydrogens is 200 g/mol. The highest BCUT2D eigenvalue weighted by molar-refractivity contribution is 7.80. The van der Waals surface area contributed by atoms with Crippen molar-refractivity contribution in [3.05, 3.63) is 0 Å². The van der Waals surface area contributed by atoms with Gasteiger partial charge in [0, 0.05) is 19.6 Å². The first-order chi connectivity index (χ1) is 5.97. The molecule has 0 amide bonds. The van der Waals surface area contributed by atoms with Crippen LogP contribution in [0.3, 0.4) is 0 Å². The van der Waals surface area contributed by atoms with Crippen molar-refractivity contribution in [2.75, 3.05) is 33.4 Å². The molecular formula is C5H16N2O5S. The minimum absolute atomic E-state index is 0.194. The third-order valence-electron chi connectivity index (χ3n) is 0.820. The Morgan fingerprint density at radius 1 is 1.46 bits per heavy atom. The molecule has 0 atom stereocenters. The van der Waals surface area contributed by atoms with Gasteiger partial charge in [-0.3, -0.25) is 8.74 Å². The summed E-state index contributed by atoms with van der Waals surface area (Å²) in [5, 5.41) is 11.1. The number of nitrogens with two attached hydrogens (primary N) is 1. The first-order valence-electron chi connectivity index (χ1n) is 3.52. The molecule has 0 rings (SSSR count). The van der Waals surface area contributed by atoms with E-state index in [2.05, 4.69) is 9.50 Å². The molecule has 8 heteroatoms. The highest BCUT2D eigenvalue weighted by Gasteiger charge is 1.94. The van der Waals surface area contributed by atoms with E-state index < -0.39 is 10.4 Å². The zero-order valence-corrected chi connectivity index (χ0v) is 8.25. The fourth-order valence-corrected chi connectivity index (χ4v) is 0.306. The quantitative estimate of drug-likeness (QED) is 0.308. The first kappa shape index (κ1) is 15.2. The zero-order valence-electron chi connectivity index (χ0n) is 7.43. The van der Waals surface area contributed by atoms with Crippen molar-refractivity contribution in [2.45, 2.75) is 0 Å². The Morgan fingerprint density at radius 2 is 1.92 bits per heavy atom. The van der Waals surface area contributed by atoms with E-state index in [9.17, 15) is 8.42 Å². The van der Waals surface area contributed by atoms with Crippen LogP contribution in [0.15, 0.2) is 0 Å². The average molecular weight is 216 g/mol. The summed E-state index contributed by atoms with van der Waals surface area (Å²) in [4.78, 5) is 0. The van der Waals surface area contributed by atoms with Crippen molar-refractivity contribution in [3.8, 4) is 0 Å². The normalized spacial score (nSPS) is 10.5. The van der Waals surface area contributed by atoms with Gasteiger partial charge in [-0.2, -0.15) is 8.42 Å². The van der Waals surface area contributed by atoms with E-state index in [0.717, 1.165) is 13.7 Å². The molecule has 0 spiro atoms. The van der Waals surface area contributed by atoms with Crippen LogP contribution in [0, 0.1) is 0 Å². The molecule has 0 saturated carbocycles. The summed E-state index contributed by atoms with van der Waals surface area (Å²) in [6, 6.07) is 0. The second kappa shape index (κ2) is 9.84. The molecule has 7 nitrogen and oxygen atoms in total. The molecule has 13 heavy (non-hydrogen) atoms. The Morgan fingerprint density at radius 3 is 2.15 bits per heavy atom. The lowest BCUT2D eigenvalue weighted by Gasteiger charge is -1.95. The lowest BCUT2D eigenvalue weighted by atomic mass is 10.6. The SMILES string of the molecule is COS(=O)(=O)O.NCCNCCO. The molecule has 0 aliphatic rings. The molecule has 0 radical (unpaired) electrons. The minimum atomic E-state index is -4.16. The lowest BCUT2D eigenvalue weighted by Crippen LogP contribution is -2.24. The predicted molar refractivity (Wildman–Crippen MR) is 47.6 cm³/mol. The highest BCUT2D eigenvalue weighted by atomic mass is 32.3. The molecule has 0 aromatic carbocycles. The van der Waals surface area contributed by atoms with Gasteiger partial charge in [0.1, 0.15) is 0 Å². The van der Waals surface area contributed by atoms with E-state index in [4.69, 9.17) is 15.4 Å². The first-order valence-corrected chi connectivity index (χ1v) is 4.89. The summed E-state index contributed by atoms with van der Waals surface area (Å²) in [5.41, 5.74) is 5.13. The molecule has 0 fully saturated rings. The smallest absolute Gasteiger partial charge is 0.395 e. The van der Waals surface area contributed by atoms with Gasteiger partial charge < -0.3 is 16.2 Å². The molecule has 0 aromatic heterocycles. The lowest BCUT2D eigenvalue weighted by molar-refractivity contribution is 0.293. The van der Waals surface area contributed by atoms with Crippen LogP contribution in [0.25, 0.3) is 0 Å². The van der Waals surface area contributed by atoms with Gasteiger partial charge in [-0.15, -0.1) is 0 Å². The van der Waals surface area contributed by atoms with Gasteiger partial charge in [0.2, 0.25) is 0 Å². The van der Waals surface area contributed by atoms with Gasteiger partial charge in [-0.25, -0.2) is 0 Å². The number of aliphatic hydroxyl groups excluding tert-OH is 1. The van der Waals surface area contributed by atoms with Gasteiger partial charge in [-0.05, 0) is 0 Å². The number of aliphatic hydroxyl groups is 1. The maximum Gasteiger partial charge on any atom is 0.397 e. The van der Waals surface area contributed by atoms with Crippen LogP contribution in [-0.2, 0) is 14.6 Å². The van der Waals surface area contributed by atoms with Crippen LogP contribution in [0.2, 0.25) is 0 Å². The zero-order chi connectivity index (χ0) is 10.7. The van der Waals surface area contributed by atoms with Crippen molar-refractivity contribution in [2.24, 2.45) is 5.73 Å². The summed E-state index contributed by atoms with van der Waals surface area (Å²) in [6.07, 6.45) is 0. The Bertz CT molecular complexity index is 177. The van der Waals surface area contributed by atoms with E-state index in [1.54, 1.807) is 0 Å². The van der Waals surface area contributed by atoms with Crippen molar-refractivity contribution >= 4 is 10.4 Å². The average Bonchev–Trinajstić information content (AvgIpc) is 2.06. The van der Waals surface area contributed by atoms with Crippen LogP contribution < -0.4 is 11.1 Å². The number of hydrogen-bond acceptors (Lipinski definition) is 6. The summed E-state index contributed by atoms with van der Waals surface area (Å²) in [5.74, 6) is 0. The third-order valence-corrected chi connectivity index (χ3v) is 1.24. The van der Waals surface area contributed by atoms with Gasteiger partial charge in [0.15, 0.2) is 0 Å². The van der Waals surface area contributed by atoms with E-state index in [1.165, 1.54) is 0 Å². The van der Waals surface area contributed by atoms with Crippen molar-refractivity contribution in [3.63, 3.8) is 0 Å². The Hall–Kier alpha value is -0.250. The molecule has 0 unspecified atom stereocenters. The van der Waals surface area contributed by atoms with Gasteiger partial charge in [0.25, 0.3) is 0 Å². The molecule has 0 aromatic rings. The van der Waals surface area contributed by atoms with Crippen molar-refractivity contribution in [1.29, 1.82) is 0 Å². The molecule has 5 N–H and O–H groups in total. The molecule has 0 aliphatic heterocycles. The number of rotatable bonds is 5. The maximum atomic E-state index is 9.33. The summed E-state index contributed by atoms with van der Waals surface area (Å²) >= 11 is 0. The fourth-order valence-electron chi connectivity index (χ4n) is 0.306. The van der Waals surface area contributed by atoms with Crippen LogP contribution in [0.4, 0.5) is 0 Å². The summed E-state index contributed by atoms with van der Waals surface area (Å²) in [6.45, 7) is 2.28. The molecule has 0 bridgehead atoms. The standard InChI is InChI=1S/C4H12N2O.CH4O4S/c5-1-2-6-3-4-7;1-5-6(2,3)4/h6-7H,1-5H2;1H3,(H,2,3,4). The van der Waals surface area contributed by atoms with E-state index in [-0.39, 0.29) is 6.61 Å². The van der Waals surface area contributed by atoms with Crippen LogP contribution in [0.1, 0.15) is 0 Å². The Kier molecular flexibility index (Phi) is 11.5. The Labute approximate surface area is 77.8 Å². The topological polar surface area (TPSA) is 122 Å². The van der Waals surface area contributed by atoms with E-state index in [0.29, 0.717) is 13.1 Å². The summed E-state index contributed by atoms with van der Waals surface area (Å²) in [7, 11) is -3.29. The second-order valence-electron chi connectivity index (χ2n) is 1.86. The van der Waals surface area contributed by atoms with E-state index >= 15 is 0 Å². The largest absolute Gasteiger partial charge is 0.397 e. The van der Waals surface area contributed by atoms with Crippen LogP contribution >= 0.6 is 0 Å². The monoisotopic (exact) mass is 216 g/mol. The third kappa shape index (κ3) is 24.5. The van der Waals surface area contributed by atoms with Gasteiger partial charge >= 0.3 is 10.4 Å². The van der Waals surface area contributed by atoms with Gasteiger partial charge in [0.05, 0.1) is 13.7 Å². The van der Waals surface area contributed by atoms with Crippen molar-refractivity contribution in [1.82, 2.24) is 5.32 Å². The summed E-state index contributed by atoms with van der Waals surface area (Å²) < 4.78 is 29.7. The Balaban J connectivity index is 0. The van der Waals surface area contributed by atoms with E-state index in [1.807, 2.05) is 0 Å². The minimum Gasteiger partial charge on any atom is -0.395 e. The second-order valence-corrected chi connectivity index (χ2v) is 3.05.